The summed E-state index contributed by atoms with van der Waals surface area (Å²) in [6, 6.07) is 11.4. The SMILES string of the molecule is Cc1ccc2c(c1)OC(Cc1ccccc1C(F)(F)F)CN2. The molecule has 0 amide bonds. The van der Waals surface area contributed by atoms with Gasteiger partial charge < -0.3 is 10.1 Å². The highest BCUT2D eigenvalue weighted by Crippen LogP contribution is 2.34. The van der Waals surface area contributed by atoms with Crippen LogP contribution in [0.15, 0.2) is 42.5 Å². The maximum absolute atomic E-state index is 13.0. The average molecular weight is 307 g/mol. The van der Waals surface area contributed by atoms with Crippen LogP contribution in [-0.4, -0.2) is 12.6 Å². The van der Waals surface area contributed by atoms with E-state index in [1.165, 1.54) is 12.1 Å². The molecule has 1 aliphatic rings. The molecule has 1 atom stereocenters. The van der Waals surface area contributed by atoms with Gasteiger partial charge in [-0.2, -0.15) is 13.2 Å². The maximum atomic E-state index is 13.0. The van der Waals surface area contributed by atoms with Gasteiger partial charge in [-0.25, -0.2) is 0 Å². The van der Waals surface area contributed by atoms with E-state index in [0.29, 0.717) is 12.3 Å². The first-order valence-electron chi connectivity index (χ1n) is 7.10. The third-order valence-corrected chi connectivity index (χ3v) is 3.72. The van der Waals surface area contributed by atoms with Crippen molar-refractivity contribution in [2.45, 2.75) is 25.6 Å². The van der Waals surface area contributed by atoms with Gasteiger partial charge in [0.2, 0.25) is 0 Å². The molecule has 0 bridgehead atoms. The van der Waals surface area contributed by atoms with E-state index in [2.05, 4.69) is 5.32 Å². The Hall–Kier alpha value is -2.17. The van der Waals surface area contributed by atoms with Gasteiger partial charge in [-0.1, -0.05) is 24.3 Å². The van der Waals surface area contributed by atoms with Gasteiger partial charge in [0, 0.05) is 6.42 Å². The number of nitrogens with one attached hydrogen (secondary N) is 1. The zero-order chi connectivity index (χ0) is 15.7. The van der Waals surface area contributed by atoms with E-state index in [1.807, 2.05) is 25.1 Å². The Morgan fingerprint density at radius 3 is 2.73 bits per heavy atom. The first-order chi connectivity index (χ1) is 10.4. The zero-order valence-electron chi connectivity index (χ0n) is 12.1. The Balaban J connectivity index is 1.81. The molecule has 0 aromatic heterocycles. The number of halogens is 3. The Bertz CT molecular complexity index is 682. The number of anilines is 1. The van der Waals surface area contributed by atoms with Gasteiger partial charge >= 0.3 is 6.18 Å². The summed E-state index contributed by atoms with van der Waals surface area (Å²) in [4.78, 5) is 0. The van der Waals surface area contributed by atoms with Gasteiger partial charge in [0.05, 0.1) is 17.8 Å². The molecule has 1 heterocycles. The number of hydrogen-bond acceptors (Lipinski definition) is 2. The van der Waals surface area contributed by atoms with Crippen LogP contribution < -0.4 is 10.1 Å². The first-order valence-corrected chi connectivity index (χ1v) is 7.10. The third kappa shape index (κ3) is 3.03. The number of benzene rings is 2. The smallest absolute Gasteiger partial charge is 0.416 e. The number of fused-ring (bicyclic) bond motifs is 1. The third-order valence-electron chi connectivity index (χ3n) is 3.72. The number of rotatable bonds is 2. The quantitative estimate of drug-likeness (QED) is 0.886. The van der Waals surface area contributed by atoms with Crippen LogP contribution in [0.1, 0.15) is 16.7 Å². The molecule has 0 aliphatic carbocycles. The lowest BCUT2D eigenvalue weighted by Crippen LogP contribution is -2.33. The summed E-state index contributed by atoms with van der Waals surface area (Å²) in [5, 5.41) is 3.21. The van der Waals surface area contributed by atoms with Crippen molar-refractivity contribution in [3.63, 3.8) is 0 Å². The summed E-state index contributed by atoms with van der Waals surface area (Å²) in [7, 11) is 0. The zero-order valence-corrected chi connectivity index (χ0v) is 12.1. The van der Waals surface area contributed by atoms with Crippen LogP contribution >= 0.6 is 0 Å². The Morgan fingerprint density at radius 1 is 1.18 bits per heavy atom. The molecule has 0 spiro atoms. The van der Waals surface area contributed by atoms with E-state index >= 15 is 0 Å². The average Bonchev–Trinajstić information content (AvgIpc) is 2.46. The van der Waals surface area contributed by atoms with Gasteiger partial charge in [0.1, 0.15) is 11.9 Å². The van der Waals surface area contributed by atoms with Gasteiger partial charge in [-0.05, 0) is 36.2 Å². The van der Waals surface area contributed by atoms with Gasteiger partial charge in [-0.15, -0.1) is 0 Å². The van der Waals surface area contributed by atoms with Crippen molar-refractivity contribution in [1.29, 1.82) is 0 Å². The second-order valence-electron chi connectivity index (χ2n) is 5.48. The number of aryl methyl sites for hydroxylation is 1. The minimum absolute atomic E-state index is 0.218. The Kier molecular flexibility index (Phi) is 3.72. The van der Waals surface area contributed by atoms with Crippen LogP contribution in [0.5, 0.6) is 5.75 Å². The van der Waals surface area contributed by atoms with Crippen LogP contribution in [-0.2, 0) is 12.6 Å². The highest BCUT2D eigenvalue weighted by Gasteiger charge is 2.34. The summed E-state index contributed by atoms with van der Waals surface area (Å²) in [5.41, 5.74) is 1.61. The monoisotopic (exact) mass is 307 g/mol. The molecule has 0 saturated carbocycles. The minimum Gasteiger partial charge on any atom is -0.486 e. The molecule has 2 aromatic carbocycles. The summed E-state index contributed by atoms with van der Waals surface area (Å²) in [6.07, 6.45) is -4.44. The molecule has 2 nitrogen and oxygen atoms in total. The van der Waals surface area contributed by atoms with Crippen molar-refractivity contribution >= 4 is 5.69 Å². The van der Waals surface area contributed by atoms with Crippen LogP contribution in [0.2, 0.25) is 0 Å². The molecule has 1 aliphatic heterocycles. The molecule has 0 saturated heterocycles. The van der Waals surface area contributed by atoms with E-state index in [4.69, 9.17) is 4.74 Å². The fraction of sp³-hybridized carbons (Fsp3) is 0.294. The molecule has 22 heavy (non-hydrogen) atoms. The van der Waals surface area contributed by atoms with E-state index in [9.17, 15) is 13.2 Å². The molecular formula is C17H16F3NO. The van der Waals surface area contributed by atoms with Gasteiger partial charge in [0.25, 0.3) is 0 Å². The van der Waals surface area contributed by atoms with E-state index in [1.54, 1.807) is 6.07 Å². The Morgan fingerprint density at radius 2 is 1.95 bits per heavy atom. The lowest BCUT2D eigenvalue weighted by Gasteiger charge is -2.28. The predicted molar refractivity (Wildman–Crippen MR) is 79.2 cm³/mol. The first kappa shape index (κ1) is 14.8. The van der Waals surface area contributed by atoms with E-state index in [-0.39, 0.29) is 18.1 Å². The summed E-state index contributed by atoms with van der Waals surface area (Å²) >= 11 is 0. The van der Waals surface area contributed by atoms with Gasteiger partial charge in [0.15, 0.2) is 0 Å². The number of alkyl halides is 3. The van der Waals surface area contributed by atoms with Crippen LogP contribution in [0.3, 0.4) is 0 Å². The van der Waals surface area contributed by atoms with Crippen molar-refractivity contribution in [2.75, 3.05) is 11.9 Å². The predicted octanol–water partition coefficient (Wildman–Crippen LogP) is 4.43. The summed E-state index contributed by atoms with van der Waals surface area (Å²) < 4.78 is 45.0. The van der Waals surface area contributed by atoms with Crippen LogP contribution in [0, 0.1) is 6.92 Å². The molecule has 3 rings (SSSR count). The summed E-state index contributed by atoms with van der Waals surface area (Å²) in [6.45, 7) is 2.44. The molecule has 1 unspecified atom stereocenters. The van der Waals surface area contributed by atoms with Crippen molar-refractivity contribution in [3.8, 4) is 5.75 Å². The largest absolute Gasteiger partial charge is 0.486 e. The second kappa shape index (κ2) is 5.55. The fourth-order valence-electron chi connectivity index (χ4n) is 2.65. The standard InChI is InChI=1S/C17H16F3NO/c1-11-6-7-15-16(8-11)22-13(10-21-15)9-12-4-2-3-5-14(12)17(18,19)20/h2-8,13,21H,9-10H2,1H3. The van der Waals surface area contributed by atoms with E-state index in [0.717, 1.165) is 17.3 Å². The lowest BCUT2D eigenvalue weighted by molar-refractivity contribution is -0.138. The molecule has 116 valence electrons. The highest BCUT2D eigenvalue weighted by atomic mass is 19.4. The van der Waals surface area contributed by atoms with Crippen LogP contribution in [0.4, 0.5) is 18.9 Å². The number of hydrogen-bond donors (Lipinski definition) is 1. The molecule has 1 N–H and O–H groups in total. The molecule has 0 radical (unpaired) electrons. The van der Waals surface area contributed by atoms with Crippen LogP contribution in [0.25, 0.3) is 0 Å². The lowest BCUT2D eigenvalue weighted by atomic mass is 10.00. The van der Waals surface area contributed by atoms with Crippen molar-refractivity contribution in [3.05, 3.63) is 59.2 Å². The molecule has 2 aromatic rings. The second-order valence-corrected chi connectivity index (χ2v) is 5.48. The minimum atomic E-state index is -4.34. The maximum Gasteiger partial charge on any atom is 0.416 e. The van der Waals surface area contributed by atoms with Crippen molar-refractivity contribution in [2.24, 2.45) is 0 Å². The van der Waals surface area contributed by atoms with E-state index < -0.39 is 11.7 Å². The topological polar surface area (TPSA) is 21.3 Å². The normalized spacial score (nSPS) is 17.4. The van der Waals surface area contributed by atoms with Crippen molar-refractivity contribution < 1.29 is 17.9 Å². The molecular weight excluding hydrogens is 291 g/mol. The van der Waals surface area contributed by atoms with Crippen molar-refractivity contribution in [1.82, 2.24) is 0 Å². The molecule has 5 heteroatoms. The number of ether oxygens (including phenoxy) is 1. The molecule has 0 fully saturated rings. The highest BCUT2D eigenvalue weighted by molar-refractivity contribution is 5.59. The van der Waals surface area contributed by atoms with Gasteiger partial charge in [-0.3, -0.25) is 0 Å². The Labute approximate surface area is 126 Å². The summed E-state index contributed by atoms with van der Waals surface area (Å²) in [5.74, 6) is 0.695. The fourth-order valence-corrected chi connectivity index (χ4v) is 2.65.